The highest BCUT2D eigenvalue weighted by Gasteiger charge is 2.35. The van der Waals surface area contributed by atoms with Gasteiger partial charge in [-0.1, -0.05) is 18.2 Å². The quantitative estimate of drug-likeness (QED) is 0.585. The predicted octanol–water partition coefficient (Wildman–Crippen LogP) is 3.37. The maximum Gasteiger partial charge on any atom is 0.252 e. The van der Waals surface area contributed by atoms with Crippen LogP contribution in [-0.4, -0.2) is 53.6 Å². The van der Waals surface area contributed by atoms with Gasteiger partial charge in [0.1, 0.15) is 10.0 Å². The van der Waals surface area contributed by atoms with E-state index in [1.165, 1.54) is 15.6 Å². The van der Waals surface area contributed by atoms with E-state index in [1.807, 2.05) is 44.2 Å². The van der Waals surface area contributed by atoms with Crippen molar-refractivity contribution in [3.8, 4) is 0 Å². The van der Waals surface area contributed by atoms with E-state index in [9.17, 15) is 13.2 Å². The summed E-state index contributed by atoms with van der Waals surface area (Å²) in [7, 11) is -1.84. The van der Waals surface area contributed by atoms with Gasteiger partial charge in [-0.25, -0.2) is 18.4 Å². The Kier molecular flexibility index (Phi) is 6.09. The molecule has 1 atom stereocenters. The smallest absolute Gasteiger partial charge is 0.252 e. The molecule has 1 aromatic carbocycles. The predicted molar refractivity (Wildman–Crippen MR) is 121 cm³/mol. The van der Waals surface area contributed by atoms with Crippen LogP contribution in [0.5, 0.6) is 0 Å². The average molecular weight is 459 g/mol. The van der Waals surface area contributed by atoms with Crippen LogP contribution in [0.4, 0.5) is 0 Å². The average Bonchev–Trinajstić information content (AvgIpc) is 3.20. The van der Waals surface area contributed by atoms with Gasteiger partial charge >= 0.3 is 0 Å². The van der Waals surface area contributed by atoms with Crippen LogP contribution >= 0.6 is 11.3 Å². The fraction of sp³-hybridized carbons (Fsp3) is 0.409. The molecule has 1 fully saturated rings. The van der Waals surface area contributed by atoms with Crippen LogP contribution < -0.4 is 0 Å². The van der Waals surface area contributed by atoms with Crippen molar-refractivity contribution in [3.05, 3.63) is 52.8 Å². The molecule has 1 saturated heterocycles. The Hall–Kier alpha value is -2.36. The summed E-state index contributed by atoms with van der Waals surface area (Å²) in [5.74, 6) is 0.147. The van der Waals surface area contributed by atoms with E-state index >= 15 is 0 Å². The summed E-state index contributed by atoms with van der Waals surface area (Å²) in [4.78, 5) is 24.8. The first-order chi connectivity index (χ1) is 14.8. The summed E-state index contributed by atoms with van der Waals surface area (Å²) in [5, 5.41) is 0.997. The lowest BCUT2D eigenvalue weighted by atomic mass is 9.98. The van der Waals surface area contributed by atoms with Crippen molar-refractivity contribution in [3.63, 3.8) is 0 Å². The molecule has 0 aliphatic carbocycles. The second kappa shape index (κ2) is 8.64. The van der Waals surface area contributed by atoms with E-state index < -0.39 is 10.0 Å². The molecule has 3 aromatic rings. The summed E-state index contributed by atoms with van der Waals surface area (Å²) in [5.41, 5.74) is 1.73. The summed E-state index contributed by atoms with van der Waals surface area (Å²) < 4.78 is 27.8. The normalized spacial score (nSPS) is 17.7. The molecule has 1 aliphatic rings. The molecule has 0 saturated carbocycles. The molecule has 4 rings (SSSR count). The molecule has 0 N–H and O–H groups in total. The molecule has 1 aliphatic heterocycles. The standard InChI is InChI=1S/C22H26N4O3S2/c1-15-10-11-21(30-15)31(28,29)26-12-6-7-17(13-26)22(27)25(3)14-20-23-16(2)18-8-4-5-9-19(18)24-20/h4-5,8-11,17H,6-7,12-14H2,1-3H3. The number of nitrogens with zero attached hydrogens (tertiary/aromatic N) is 4. The van der Waals surface area contributed by atoms with Crippen molar-refractivity contribution in [2.75, 3.05) is 20.1 Å². The highest BCUT2D eigenvalue weighted by molar-refractivity contribution is 7.91. The second-order valence-corrected chi connectivity index (χ2v) is 11.5. The molecule has 0 bridgehead atoms. The number of rotatable bonds is 5. The lowest BCUT2D eigenvalue weighted by Crippen LogP contribution is -2.45. The van der Waals surface area contributed by atoms with E-state index in [-0.39, 0.29) is 24.9 Å². The second-order valence-electron chi connectivity index (χ2n) is 8.00. The maximum atomic E-state index is 13.1. The van der Waals surface area contributed by atoms with Crippen molar-refractivity contribution < 1.29 is 13.2 Å². The summed E-state index contributed by atoms with van der Waals surface area (Å²) in [6, 6.07) is 11.3. The third-order valence-corrected chi connectivity index (χ3v) is 8.97. The Bertz CT molecular complexity index is 1220. The highest BCUT2D eigenvalue weighted by atomic mass is 32.2. The van der Waals surface area contributed by atoms with E-state index in [2.05, 4.69) is 9.97 Å². The molecule has 1 amide bonds. The Morgan fingerprint density at radius 1 is 1.19 bits per heavy atom. The summed E-state index contributed by atoms with van der Waals surface area (Å²) in [6.45, 7) is 4.76. The summed E-state index contributed by atoms with van der Waals surface area (Å²) in [6.07, 6.45) is 1.34. The fourth-order valence-electron chi connectivity index (χ4n) is 4.01. The van der Waals surface area contributed by atoms with Crippen molar-refractivity contribution in [1.29, 1.82) is 0 Å². The number of aromatic nitrogens is 2. The lowest BCUT2D eigenvalue weighted by Gasteiger charge is -2.32. The topological polar surface area (TPSA) is 83.5 Å². The Labute approximate surface area is 186 Å². The first-order valence-electron chi connectivity index (χ1n) is 10.3. The van der Waals surface area contributed by atoms with Crippen LogP contribution in [0.15, 0.2) is 40.6 Å². The van der Waals surface area contributed by atoms with E-state index in [1.54, 1.807) is 18.0 Å². The molecule has 0 spiro atoms. The van der Waals surface area contributed by atoms with Gasteiger partial charge in [0.2, 0.25) is 5.91 Å². The summed E-state index contributed by atoms with van der Waals surface area (Å²) >= 11 is 1.27. The van der Waals surface area contributed by atoms with Gasteiger partial charge in [0.05, 0.1) is 18.0 Å². The number of hydrogen-bond acceptors (Lipinski definition) is 6. The van der Waals surface area contributed by atoms with Crippen LogP contribution in [0.3, 0.4) is 0 Å². The number of fused-ring (bicyclic) bond motifs is 1. The number of carbonyl (C=O) groups is 1. The maximum absolute atomic E-state index is 13.1. The number of amides is 1. The lowest BCUT2D eigenvalue weighted by molar-refractivity contribution is -0.136. The molecule has 9 heteroatoms. The Morgan fingerprint density at radius 2 is 1.97 bits per heavy atom. The molecule has 31 heavy (non-hydrogen) atoms. The van der Waals surface area contributed by atoms with Gasteiger partial charge in [0.15, 0.2) is 0 Å². The molecular weight excluding hydrogens is 432 g/mol. The number of para-hydroxylation sites is 1. The molecule has 164 valence electrons. The first-order valence-corrected chi connectivity index (χ1v) is 12.5. The van der Waals surface area contributed by atoms with Crippen LogP contribution in [0, 0.1) is 19.8 Å². The van der Waals surface area contributed by atoms with Crippen molar-refractivity contribution >= 4 is 38.2 Å². The van der Waals surface area contributed by atoms with E-state index in [0.717, 1.165) is 21.5 Å². The SMILES string of the molecule is Cc1ccc(S(=O)(=O)N2CCCC(C(=O)N(C)Cc3nc(C)c4ccccc4n3)C2)s1. The fourth-order valence-corrected chi connectivity index (χ4v) is 6.97. The van der Waals surface area contributed by atoms with Crippen LogP contribution in [0.25, 0.3) is 10.9 Å². The van der Waals surface area contributed by atoms with Crippen molar-refractivity contribution in [2.45, 2.75) is 37.4 Å². The first kappa shape index (κ1) is 21.9. The number of sulfonamides is 1. The third-order valence-electron chi connectivity index (χ3n) is 5.64. The minimum atomic E-state index is -3.57. The zero-order valence-electron chi connectivity index (χ0n) is 17.9. The molecular formula is C22H26N4O3S2. The van der Waals surface area contributed by atoms with Gasteiger partial charge in [-0.05, 0) is 44.9 Å². The minimum absolute atomic E-state index is 0.0725. The Morgan fingerprint density at radius 3 is 2.71 bits per heavy atom. The van der Waals surface area contributed by atoms with Crippen molar-refractivity contribution in [2.24, 2.45) is 5.92 Å². The van der Waals surface area contributed by atoms with E-state index in [4.69, 9.17) is 0 Å². The van der Waals surface area contributed by atoms with Crippen LogP contribution in [0.1, 0.15) is 29.2 Å². The monoisotopic (exact) mass is 458 g/mol. The van der Waals surface area contributed by atoms with Crippen LogP contribution in [0.2, 0.25) is 0 Å². The van der Waals surface area contributed by atoms with Crippen LogP contribution in [-0.2, 0) is 21.4 Å². The number of benzene rings is 1. The third kappa shape index (κ3) is 4.49. The van der Waals surface area contributed by atoms with Gasteiger partial charge in [-0.3, -0.25) is 4.79 Å². The number of piperidine rings is 1. The minimum Gasteiger partial charge on any atom is -0.338 e. The van der Waals surface area contributed by atoms with Gasteiger partial charge in [0.25, 0.3) is 10.0 Å². The molecule has 2 aromatic heterocycles. The van der Waals surface area contributed by atoms with Gasteiger partial charge < -0.3 is 4.90 Å². The van der Waals surface area contributed by atoms with Crippen molar-refractivity contribution in [1.82, 2.24) is 19.2 Å². The largest absolute Gasteiger partial charge is 0.338 e. The molecule has 1 unspecified atom stereocenters. The highest BCUT2D eigenvalue weighted by Crippen LogP contribution is 2.29. The number of aryl methyl sites for hydroxylation is 2. The molecule has 0 radical (unpaired) electrons. The zero-order valence-corrected chi connectivity index (χ0v) is 19.5. The van der Waals surface area contributed by atoms with Gasteiger partial charge in [-0.2, -0.15) is 4.31 Å². The van der Waals surface area contributed by atoms with Gasteiger partial charge in [0, 0.05) is 36.1 Å². The molecule has 7 nitrogen and oxygen atoms in total. The number of hydrogen-bond donors (Lipinski definition) is 0. The number of carbonyl (C=O) groups excluding carboxylic acids is 1. The van der Waals surface area contributed by atoms with E-state index in [0.29, 0.717) is 29.4 Å². The Balaban J connectivity index is 1.47. The number of thiophene rings is 1. The van der Waals surface area contributed by atoms with Gasteiger partial charge in [-0.15, -0.1) is 11.3 Å². The zero-order chi connectivity index (χ0) is 22.2. The molecule has 3 heterocycles.